The van der Waals surface area contributed by atoms with E-state index in [9.17, 15) is 27.6 Å². The van der Waals surface area contributed by atoms with Gasteiger partial charge in [-0.15, -0.1) is 0 Å². The fourth-order valence-corrected chi connectivity index (χ4v) is 3.74. The summed E-state index contributed by atoms with van der Waals surface area (Å²) in [5, 5.41) is 0. The molecule has 0 radical (unpaired) electrons. The van der Waals surface area contributed by atoms with E-state index in [0.29, 0.717) is 25.9 Å². The number of hydrogen-bond donors (Lipinski definition) is 0. The molecule has 0 saturated carbocycles. The van der Waals surface area contributed by atoms with Crippen LogP contribution in [-0.2, 0) is 25.3 Å². The van der Waals surface area contributed by atoms with Crippen LogP contribution in [0.15, 0.2) is 24.3 Å². The summed E-state index contributed by atoms with van der Waals surface area (Å²) >= 11 is 0. The van der Waals surface area contributed by atoms with Gasteiger partial charge in [0.1, 0.15) is 0 Å². The average molecular weight is 398 g/mol. The van der Waals surface area contributed by atoms with Crippen LogP contribution in [0.25, 0.3) is 0 Å². The molecule has 6 nitrogen and oxygen atoms in total. The Bertz CT molecular complexity index is 781. The van der Waals surface area contributed by atoms with Gasteiger partial charge in [0.2, 0.25) is 5.91 Å². The van der Waals surface area contributed by atoms with Crippen LogP contribution < -0.4 is 4.90 Å². The van der Waals surface area contributed by atoms with Crippen molar-refractivity contribution in [1.82, 2.24) is 4.90 Å². The van der Waals surface area contributed by atoms with Gasteiger partial charge in [-0.1, -0.05) is 6.07 Å². The Kier molecular flexibility index (Phi) is 5.74. The molecule has 0 N–H and O–H groups in total. The van der Waals surface area contributed by atoms with Crippen LogP contribution in [0, 0.1) is 5.92 Å². The third-order valence-corrected chi connectivity index (χ3v) is 5.07. The molecule has 2 atom stereocenters. The Morgan fingerprint density at radius 3 is 2.71 bits per heavy atom. The summed E-state index contributed by atoms with van der Waals surface area (Å²) in [6, 6.07) is 3.39. The lowest BCUT2D eigenvalue weighted by Crippen LogP contribution is -2.48. The maximum absolute atomic E-state index is 13.0. The zero-order valence-corrected chi connectivity index (χ0v) is 15.4. The first-order chi connectivity index (χ1) is 13.2. The van der Waals surface area contributed by atoms with Gasteiger partial charge >= 0.3 is 12.1 Å². The predicted octanol–water partition coefficient (Wildman–Crippen LogP) is 2.61. The molecule has 1 aromatic rings. The van der Waals surface area contributed by atoms with Crippen molar-refractivity contribution in [3.05, 3.63) is 29.8 Å². The first-order valence-electron chi connectivity index (χ1n) is 9.17. The first kappa shape index (κ1) is 20.3. The standard InChI is InChI=1S/C19H21F3N2O4/c1-2-28-18(27)12-5-4-8-23(11-12)15-10-16(25)24(17(15)26)14-7-3-6-13(9-14)19(20,21)22/h3,6-7,9,12,15H,2,4-5,8,10-11H2,1H3/t12-,15+/m0/s1. The second-order valence-corrected chi connectivity index (χ2v) is 6.92. The molecule has 2 amide bonds. The molecule has 2 heterocycles. The van der Waals surface area contributed by atoms with Crippen LogP contribution in [0.1, 0.15) is 31.7 Å². The summed E-state index contributed by atoms with van der Waals surface area (Å²) in [4.78, 5) is 39.8. The minimum absolute atomic E-state index is 0.0914. The Hall–Kier alpha value is -2.42. The van der Waals surface area contributed by atoms with Crippen LogP contribution in [0.5, 0.6) is 0 Å². The smallest absolute Gasteiger partial charge is 0.416 e. The normalized spacial score (nSPS) is 23.9. The van der Waals surface area contributed by atoms with Crippen molar-refractivity contribution in [2.75, 3.05) is 24.6 Å². The quantitative estimate of drug-likeness (QED) is 0.576. The van der Waals surface area contributed by atoms with Gasteiger partial charge < -0.3 is 4.74 Å². The number of anilines is 1. The summed E-state index contributed by atoms with van der Waals surface area (Å²) in [5.41, 5.74) is -1.01. The number of hydrogen-bond acceptors (Lipinski definition) is 5. The SMILES string of the molecule is CCOC(=O)[C@H]1CCCN([C@@H]2CC(=O)N(c3cccc(C(F)(F)F)c3)C2=O)C1. The lowest BCUT2D eigenvalue weighted by Gasteiger charge is -2.34. The van der Waals surface area contributed by atoms with Crippen molar-refractivity contribution in [2.45, 2.75) is 38.4 Å². The van der Waals surface area contributed by atoms with Gasteiger partial charge in [-0.2, -0.15) is 13.2 Å². The number of piperidine rings is 1. The number of esters is 1. The van der Waals surface area contributed by atoms with Crippen LogP contribution >= 0.6 is 0 Å². The second-order valence-electron chi connectivity index (χ2n) is 6.92. The molecule has 2 aliphatic heterocycles. The number of rotatable bonds is 4. The number of halogens is 3. The van der Waals surface area contributed by atoms with Crippen molar-refractivity contribution < 1.29 is 32.3 Å². The van der Waals surface area contributed by atoms with E-state index in [1.165, 1.54) is 12.1 Å². The van der Waals surface area contributed by atoms with Gasteiger partial charge in [0.05, 0.1) is 36.2 Å². The maximum atomic E-state index is 13.0. The molecule has 9 heteroatoms. The van der Waals surface area contributed by atoms with Crippen molar-refractivity contribution in [2.24, 2.45) is 5.92 Å². The second kappa shape index (κ2) is 7.90. The fraction of sp³-hybridized carbons (Fsp3) is 0.526. The highest BCUT2D eigenvalue weighted by molar-refractivity contribution is 6.22. The van der Waals surface area contributed by atoms with Gasteiger partial charge in [0.25, 0.3) is 5.91 Å². The van der Waals surface area contributed by atoms with E-state index in [1.54, 1.807) is 11.8 Å². The summed E-state index contributed by atoms with van der Waals surface area (Å²) in [6.07, 6.45) is -3.38. The number of amides is 2. The molecule has 0 bridgehead atoms. The van der Waals surface area contributed by atoms with Crippen LogP contribution in [0.2, 0.25) is 0 Å². The Morgan fingerprint density at radius 2 is 2.04 bits per heavy atom. The number of likely N-dealkylation sites (tertiary alicyclic amines) is 1. The van der Waals surface area contributed by atoms with Crippen LogP contribution in [0.3, 0.4) is 0 Å². The third kappa shape index (κ3) is 4.04. The lowest BCUT2D eigenvalue weighted by molar-refractivity contribution is -0.150. The van der Waals surface area contributed by atoms with Crippen molar-refractivity contribution in [1.29, 1.82) is 0 Å². The lowest BCUT2D eigenvalue weighted by atomic mass is 9.96. The zero-order chi connectivity index (χ0) is 20.5. The van der Waals surface area contributed by atoms with E-state index in [1.807, 2.05) is 0 Å². The molecule has 0 spiro atoms. The number of ether oxygens (including phenoxy) is 1. The summed E-state index contributed by atoms with van der Waals surface area (Å²) in [6.45, 7) is 2.80. The monoisotopic (exact) mass is 398 g/mol. The number of benzene rings is 1. The van der Waals surface area contributed by atoms with E-state index in [0.717, 1.165) is 17.0 Å². The molecular formula is C19H21F3N2O4. The number of imide groups is 1. The van der Waals surface area contributed by atoms with E-state index in [2.05, 4.69) is 0 Å². The summed E-state index contributed by atoms with van der Waals surface area (Å²) < 4.78 is 43.9. The van der Waals surface area contributed by atoms with Gasteiger partial charge in [0.15, 0.2) is 0 Å². The molecule has 0 aromatic heterocycles. The summed E-state index contributed by atoms with van der Waals surface area (Å²) in [5.74, 6) is -1.82. The molecule has 2 saturated heterocycles. The molecule has 28 heavy (non-hydrogen) atoms. The van der Waals surface area contributed by atoms with Crippen molar-refractivity contribution in [3.8, 4) is 0 Å². The zero-order valence-electron chi connectivity index (χ0n) is 15.4. The molecule has 0 aliphatic carbocycles. The van der Waals surface area contributed by atoms with Gasteiger partial charge in [-0.3, -0.25) is 19.3 Å². The van der Waals surface area contributed by atoms with Crippen molar-refractivity contribution >= 4 is 23.5 Å². The highest BCUT2D eigenvalue weighted by Crippen LogP contribution is 2.34. The largest absolute Gasteiger partial charge is 0.466 e. The minimum atomic E-state index is -4.57. The maximum Gasteiger partial charge on any atom is 0.416 e. The number of nitrogens with zero attached hydrogens (tertiary/aromatic N) is 2. The topological polar surface area (TPSA) is 66.9 Å². The van der Waals surface area contributed by atoms with E-state index in [-0.39, 0.29) is 30.6 Å². The average Bonchev–Trinajstić information content (AvgIpc) is 2.96. The molecule has 0 unspecified atom stereocenters. The molecule has 2 fully saturated rings. The van der Waals surface area contributed by atoms with Crippen LogP contribution in [-0.4, -0.2) is 48.4 Å². The number of carbonyl (C=O) groups excluding carboxylic acids is 3. The number of alkyl halides is 3. The Labute approximate surface area is 160 Å². The molecule has 1 aromatic carbocycles. The highest BCUT2D eigenvalue weighted by Gasteiger charge is 2.45. The molecule has 3 rings (SSSR count). The minimum Gasteiger partial charge on any atom is -0.466 e. The Morgan fingerprint density at radius 1 is 1.29 bits per heavy atom. The predicted molar refractivity (Wildman–Crippen MR) is 93.3 cm³/mol. The number of carbonyl (C=O) groups is 3. The van der Waals surface area contributed by atoms with Gasteiger partial charge in [-0.05, 0) is 44.5 Å². The third-order valence-electron chi connectivity index (χ3n) is 5.07. The van der Waals surface area contributed by atoms with Gasteiger partial charge in [0, 0.05) is 6.54 Å². The summed E-state index contributed by atoms with van der Waals surface area (Å²) in [7, 11) is 0. The highest BCUT2D eigenvalue weighted by atomic mass is 19.4. The van der Waals surface area contributed by atoms with E-state index >= 15 is 0 Å². The van der Waals surface area contributed by atoms with Crippen molar-refractivity contribution in [3.63, 3.8) is 0 Å². The van der Waals surface area contributed by atoms with Gasteiger partial charge in [-0.25, -0.2) is 4.90 Å². The first-order valence-corrected chi connectivity index (χ1v) is 9.17. The molecular weight excluding hydrogens is 377 g/mol. The van der Waals surface area contributed by atoms with Crippen LogP contribution in [0.4, 0.5) is 18.9 Å². The Balaban J connectivity index is 1.78. The van der Waals surface area contributed by atoms with E-state index < -0.39 is 29.6 Å². The van der Waals surface area contributed by atoms with E-state index in [4.69, 9.17) is 4.74 Å². The molecule has 152 valence electrons. The molecule has 2 aliphatic rings. The fourth-order valence-electron chi connectivity index (χ4n) is 3.74.